The third-order valence-electron chi connectivity index (χ3n) is 3.65. The monoisotopic (exact) mass is 310 g/mol. The lowest BCUT2D eigenvalue weighted by Crippen LogP contribution is -2.07. The molecule has 1 N–H and O–H groups in total. The quantitative estimate of drug-likeness (QED) is 0.798. The van der Waals surface area contributed by atoms with E-state index in [9.17, 15) is 14.3 Å². The molecule has 1 heterocycles. The maximum Gasteiger partial charge on any atom is 0.339 e. The van der Waals surface area contributed by atoms with Crippen LogP contribution in [0.5, 0.6) is 0 Å². The summed E-state index contributed by atoms with van der Waals surface area (Å²) in [5, 5.41) is 13.8. The van der Waals surface area contributed by atoms with E-state index in [1.165, 1.54) is 6.07 Å². The molecule has 0 spiro atoms. The molecule has 5 heteroatoms. The fourth-order valence-corrected chi connectivity index (χ4v) is 2.64. The van der Waals surface area contributed by atoms with Crippen molar-refractivity contribution in [1.29, 1.82) is 0 Å². The van der Waals surface area contributed by atoms with E-state index in [0.717, 1.165) is 5.56 Å². The number of halogens is 1. The van der Waals surface area contributed by atoms with Gasteiger partial charge in [-0.3, -0.25) is 4.68 Å². The molecule has 2 aromatic carbocycles. The van der Waals surface area contributed by atoms with Crippen LogP contribution in [0.15, 0.2) is 54.6 Å². The number of carboxylic acid groups (broad SMARTS) is 1. The highest BCUT2D eigenvalue weighted by atomic mass is 19.1. The Hall–Kier alpha value is -2.95. The molecule has 0 bridgehead atoms. The van der Waals surface area contributed by atoms with Gasteiger partial charge in [-0.2, -0.15) is 5.10 Å². The first-order valence-corrected chi connectivity index (χ1v) is 7.17. The Kier molecular flexibility index (Phi) is 3.93. The summed E-state index contributed by atoms with van der Waals surface area (Å²) in [5.41, 5.74) is 1.89. The number of benzene rings is 2. The van der Waals surface area contributed by atoms with Gasteiger partial charge in [0.05, 0.1) is 17.9 Å². The van der Waals surface area contributed by atoms with E-state index in [-0.39, 0.29) is 16.8 Å². The van der Waals surface area contributed by atoms with Crippen molar-refractivity contribution in [1.82, 2.24) is 9.78 Å². The predicted octanol–water partition coefficient (Wildman–Crippen LogP) is 3.74. The summed E-state index contributed by atoms with van der Waals surface area (Å²) in [6, 6.07) is 15.7. The van der Waals surface area contributed by atoms with Gasteiger partial charge >= 0.3 is 5.97 Å². The molecule has 0 aliphatic rings. The SMILES string of the molecule is Cc1nn(Cc2ccccc2)c(-c2ccccc2F)c1C(=O)O. The van der Waals surface area contributed by atoms with E-state index in [1.807, 2.05) is 30.3 Å². The number of carboxylic acids is 1. The smallest absolute Gasteiger partial charge is 0.339 e. The van der Waals surface area contributed by atoms with Crippen LogP contribution in [0.25, 0.3) is 11.3 Å². The lowest BCUT2D eigenvalue weighted by Gasteiger charge is -2.10. The molecule has 1 aromatic heterocycles. The molecule has 0 aliphatic heterocycles. The van der Waals surface area contributed by atoms with E-state index in [1.54, 1.807) is 29.8 Å². The Balaban J connectivity index is 2.19. The molecule has 0 aliphatic carbocycles. The van der Waals surface area contributed by atoms with Crippen LogP contribution in [0.3, 0.4) is 0 Å². The first kappa shape index (κ1) is 15.0. The van der Waals surface area contributed by atoms with Crippen molar-refractivity contribution >= 4 is 5.97 Å². The van der Waals surface area contributed by atoms with Crippen molar-refractivity contribution in [3.63, 3.8) is 0 Å². The Morgan fingerprint density at radius 3 is 2.43 bits per heavy atom. The van der Waals surface area contributed by atoms with Crippen molar-refractivity contribution in [3.8, 4) is 11.3 Å². The van der Waals surface area contributed by atoms with Crippen molar-refractivity contribution in [2.45, 2.75) is 13.5 Å². The maximum absolute atomic E-state index is 14.2. The van der Waals surface area contributed by atoms with Gasteiger partial charge in [0.25, 0.3) is 0 Å². The lowest BCUT2D eigenvalue weighted by atomic mass is 10.0. The highest BCUT2D eigenvalue weighted by Gasteiger charge is 2.24. The zero-order valence-electron chi connectivity index (χ0n) is 12.5. The molecule has 0 saturated carbocycles. The summed E-state index contributed by atoms with van der Waals surface area (Å²) in [4.78, 5) is 11.6. The molecular weight excluding hydrogens is 295 g/mol. The van der Waals surface area contributed by atoms with Crippen LogP contribution in [-0.4, -0.2) is 20.9 Å². The number of hydrogen-bond acceptors (Lipinski definition) is 2. The summed E-state index contributed by atoms with van der Waals surface area (Å²) in [7, 11) is 0. The molecule has 0 fully saturated rings. The molecular formula is C18H15FN2O2. The van der Waals surface area contributed by atoms with Crippen molar-refractivity contribution < 1.29 is 14.3 Å². The van der Waals surface area contributed by atoms with Crippen LogP contribution in [0.2, 0.25) is 0 Å². The zero-order valence-corrected chi connectivity index (χ0v) is 12.5. The van der Waals surface area contributed by atoms with Gasteiger partial charge in [-0.15, -0.1) is 0 Å². The average molecular weight is 310 g/mol. The number of aromatic carboxylic acids is 1. The second-order valence-corrected chi connectivity index (χ2v) is 5.24. The van der Waals surface area contributed by atoms with Crippen LogP contribution < -0.4 is 0 Å². The normalized spacial score (nSPS) is 10.7. The summed E-state index contributed by atoms with van der Waals surface area (Å²) in [6.45, 7) is 1.99. The van der Waals surface area contributed by atoms with Gasteiger partial charge in [-0.1, -0.05) is 42.5 Å². The molecule has 0 saturated heterocycles. The molecule has 0 amide bonds. The van der Waals surface area contributed by atoms with Crippen LogP contribution in [0, 0.1) is 12.7 Å². The Morgan fingerprint density at radius 2 is 1.78 bits per heavy atom. The molecule has 0 radical (unpaired) electrons. The van der Waals surface area contributed by atoms with Gasteiger partial charge in [0, 0.05) is 5.56 Å². The molecule has 0 unspecified atom stereocenters. The minimum absolute atomic E-state index is 0.0334. The van der Waals surface area contributed by atoms with Gasteiger partial charge in [0.1, 0.15) is 11.4 Å². The summed E-state index contributed by atoms with van der Waals surface area (Å²) in [6.07, 6.45) is 0. The fourth-order valence-electron chi connectivity index (χ4n) is 2.64. The molecule has 3 aromatic rings. The number of nitrogens with zero attached hydrogens (tertiary/aromatic N) is 2. The zero-order chi connectivity index (χ0) is 16.4. The summed E-state index contributed by atoms with van der Waals surface area (Å²) in [5.74, 6) is -1.58. The van der Waals surface area contributed by atoms with E-state index < -0.39 is 11.8 Å². The second-order valence-electron chi connectivity index (χ2n) is 5.24. The second kappa shape index (κ2) is 6.04. The van der Waals surface area contributed by atoms with Gasteiger partial charge in [0.15, 0.2) is 0 Å². The minimum atomic E-state index is -1.11. The van der Waals surface area contributed by atoms with Gasteiger partial charge in [0.2, 0.25) is 0 Å². The van der Waals surface area contributed by atoms with E-state index >= 15 is 0 Å². The number of aryl methyl sites for hydroxylation is 1. The van der Waals surface area contributed by atoms with Crippen molar-refractivity contribution in [2.24, 2.45) is 0 Å². The largest absolute Gasteiger partial charge is 0.478 e. The van der Waals surface area contributed by atoms with Gasteiger partial charge in [-0.25, -0.2) is 9.18 Å². The van der Waals surface area contributed by atoms with E-state index in [0.29, 0.717) is 12.2 Å². The highest BCUT2D eigenvalue weighted by molar-refractivity contribution is 5.96. The predicted molar refractivity (Wildman–Crippen MR) is 84.9 cm³/mol. The molecule has 23 heavy (non-hydrogen) atoms. The number of hydrogen-bond donors (Lipinski definition) is 1. The van der Waals surface area contributed by atoms with Gasteiger partial charge < -0.3 is 5.11 Å². The average Bonchev–Trinajstić information content (AvgIpc) is 2.85. The Labute approximate surface area is 132 Å². The van der Waals surface area contributed by atoms with E-state index in [4.69, 9.17) is 0 Å². The fraction of sp³-hybridized carbons (Fsp3) is 0.111. The van der Waals surface area contributed by atoms with E-state index in [2.05, 4.69) is 5.10 Å². The summed E-state index contributed by atoms with van der Waals surface area (Å²) >= 11 is 0. The van der Waals surface area contributed by atoms with Crippen LogP contribution in [-0.2, 0) is 6.54 Å². The Morgan fingerprint density at radius 1 is 1.13 bits per heavy atom. The van der Waals surface area contributed by atoms with Crippen LogP contribution in [0.1, 0.15) is 21.6 Å². The third-order valence-corrected chi connectivity index (χ3v) is 3.65. The molecule has 0 atom stereocenters. The topological polar surface area (TPSA) is 55.1 Å². The summed E-state index contributed by atoms with van der Waals surface area (Å²) < 4.78 is 15.8. The van der Waals surface area contributed by atoms with Crippen molar-refractivity contribution in [3.05, 3.63) is 77.2 Å². The van der Waals surface area contributed by atoms with Crippen LogP contribution in [0.4, 0.5) is 4.39 Å². The first-order chi connectivity index (χ1) is 11.1. The van der Waals surface area contributed by atoms with Gasteiger partial charge in [-0.05, 0) is 24.6 Å². The van der Waals surface area contributed by atoms with Crippen molar-refractivity contribution in [2.75, 3.05) is 0 Å². The third kappa shape index (κ3) is 2.85. The number of carbonyl (C=O) groups is 1. The van der Waals surface area contributed by atoms with Crippen LogP contribution >= 0.6 is 0 Å². The number of aromatic nitrogens is 2. The lowest BCUT2D eigenvalue weighted by molar-refractivity contribution is 0.0697. The molecule has 4 nitrogen and oxygen atoms in total. The molecule has 116 valence electrons. The Bertz CT molecular complexity index is 857. The number of rotatable bonds is 4. The molecule has 3 rings (SSSR count). The maximum atomic E-state index is 14.2. The minimum Gasteiger partial charge on any atom is -0.478 e. The standard InChI is InChI=1S/C18H15FN2O2/c1-12-16(18(22)23)17(14-9-5-6-10-15(14)19)21(20-12)11-13-7-3-2-4-8-13/h2-10H,11H2,1H3,(H,22,23). The highest BCUT2D eigenvalue weighted by Crippen LogP contribution is 2.29. The first-order valence-electron chi connectivity index (χ1n) is 7.17.